The van der Waals surface area contributed by atoms with Crippen molar-refractivity contribution in [3.63, 3.8) is 0 Å². The van der Waals surface area contributed by atoms with Crippen molar-refractivity contribution in [2.45, 2.75) is 24.7 Å². The Bertz CT molecular complexity index is 1310. The summed E-state index contributed by atoms with van der Waals surface area (Å²) in [7, 11) is 2.94. The second kappa shape index (κ2) is 8.72. The highest BCUT2D eigenvalue weighted by molar-refractivity contribution is 8.00. The van der Waals surface area contributed by atoms with E-state index >= 15 is 0 Å². The van der Waals surface area contributed by atoms with E-state index in [9.17, 15) is 24.5 Å². The molecule has 3 rings (SSSR count). The van der Waals surface area contributed by atoms with Crippen LogP contribution in [0.4, 0.5) is 11.4 Å². The van der Waals surface area contributed by atoms with E-state index < -0.39 is 16.2 Å². The Kier molecular flexibility index (Phi) is 6.25. The fourth-order valence-electron chi connectivity index (χ4n) is 3.12. The van der Waals surface area contributed by atoms with Crippen LogP contribution in [0.15, 0.2) is 44.9 Å². The number of aromatic nitrogens is 3. The van der Waals surface area contributed by atoms with Crippen molar-refractivity contribution in [3.05, 3.63) is 67.0 Å². The summed E-state index contributed by atoms with van der Waals surface area (Å²) in [6, 6.07) is 5.65. The lowest BCUT2D eigenvalue weighted by Crippen LogP contribution is -2.37. The van der Waals surface area contributed by atoms with E-state index in [0.29, 0.717) is 10.6 Å². The highest BCUT2D eigenvalue weighted by atomic mass is 32.2. The van der Waals surface area contributed by atoms with Crippen LogP contribution in [-0.4, -0.2) is 30.7 Å². The topological polar surface area (TPSA) is 129 Å². The number of nitrogens with one attached hydrogen (secondary N) is 1. The Labute approximate surface area is 181 Å². The van der Waals surface area contributed by atoms with E-state index in [1.54, 1.807) is 12.3 Å². The van der Waals surface area contributed by atoms with Crippen molar-refractivity contribution in [2.75, 3.05) is 11.1 Å². The van der Waals surface area contributed by atoms with Gasteiger partial charge < -0.3 is 5.32 Å². The molecule has 2 heterocycles. The number of fused-ring (bicyclic) bond motifs is 1. The first-order chi connectivity index (χ1) is 14.6. The van der Waals surface area contributed by atoms with Gasteiger partial charge in [-0.3, -0.25) is 28.8 Å². The van der Waals surface area contributed by atoms with Crippen molar-refractivity contribution >= 4 is 40.1 Å². The van der Waals surface area contributed by atoms with Gasteiger partial charge in [-0.2, -0.15) is 0 Å². The standard InChI is InChI=1S/C20H21N5O5S/c1-11(2)14-9-21-18-16(19(27)24(4)20(28)23(18)3)17(14)31-10-15(26)22-12-6-5-7-13(8-12)25(29)30/h5-9,11H,10H2,1-4H3,(H,22,26). The van der Waals surface area contributed by atoms with Crippen molar-refractivity contribution in [1.82, 2.24) is 14.1 Å². The average molecular weight is 443 g/mol. The third-order valence-electron chi connectivity index (χ3n) is 4.76. The van der Waals surface area contributed by atoms with Crippen LogP contribution in [0.25, 0.3) is 11.0 Å². The number of non-ortho nitro benzene ring substituents is 1. The van der Waals surface area contributed by atoms with Gasteiger partial charge in [0.15, 0.2) is 0 Å². The first-order valence-electron chi connectivity index (χ1n) is 9.37. The van der Waals surface area contributed by atoms with Gasteiger partial charge >= 0.3 is 5.69 Å². The quantitative estimate of drug-likeness (QED) is 0.352. The van der Waals surface area contributed by atoms with Crippen molar-refractivity contribution in [2.24, 2.45) is 14.1 Å². The van der Waals surface area contributed by atoms with Gasteiger partial charge in [0.1, 0.15) is 5.65 Å². The monoisotopic (exact) mass is 443 g/mol. The van der Waals surface area contributed by atoms with Gasteiger partial charge in [-0.25, -0.2) is 9.78 Å². The molecule has 0 radical (unpaired) electrons. The summed E-state index contributed by atoms with van der Waals surface area (Å²) in [6.45, 7) is 3.89. The minimum Gasteiger partial charge on any atom is -0.325 e. The van der Waals surface area contributed by atoms with Crippen LogP contribution in [-0.2, 0) is 18.9 Å². The number of rotatable bonds is 6. The number of benzene rings is 1. The third-order valence-corrected chi connectivity index (χ3v) is 5.89. The van der Waals surface area contributed by atoms with Gasteiger partial charge in [0.05, 0.1) is 16.1 Å². The maximum absolute atomic E-state index is 12.9. The molecule has 0 aliphatic carbocycles. The Hall–Kier alpha value is -3.47. The molecule has 0 fully saturated rings. The largest absolute Gasteiger partial charge is 0.332 e. The maximum Gasteiger partial charge on any atom is 0.332 e. The molecule has 0 aliphatic rings. The lowest BCUT2D eigenvalue weighted by Gasteiger charge is -2.16. The van der Waals surface area contributed by atoms with E-state index in [4.69, 9.17) is 0 Å². The van der Waals surface area contributed by atoms with Crippen LogP contribution in [0.2, 0.25) is 0 Å². The summed E-state index contributed by atoms with van der Waals surface area (Å²) in [5.41, 5.74) is 0.255. The number of anilines is 1. The van der Waals surface area contributed by atoms with E-state index in [2.05, 4.69) is 10.3 Å². The minimum atomic E-state index is -0.539. The van der Waals surface area contributed by atoms with E-state index in [1.165, 1.54) is 48.6 Å². The molecule has 10 nitrogen and oxygen atoms in total. The predicted molar refractivity (Wildman–Crippen MR) is 119 cm³/mol. The molecular weight excluding hydrogens is 422 g/mol. The second-order valence-corrected chi connectivity index (χ2v) is 8.23. The van der Waals surface area contributed by atoms with Gasteiger partial charge in [-0.05, 0) is 17.5 Å². The molecule has 162 valence electrons. The molecule has 0 atom stereocenters. The zero-order valence-corrected chi connectivity index (χ0v) is 18.2. The number of hydrogen-bond donors (Lipinski definition) is 1. The summed E-state index contributed by atoms with van der Waals surface area (Å²) in [5.74, 6) is -0.388. The van der Waals surface area contributed by atoms with Crippen molar-refractivity contribution in [1.29, 1.82) is 0 Å². The van der Waals surface area contributed by atoms with E-state index in [0.717, 1.165) is 10.1 Å². The number of nitro benzene ring substituents is 1. The highest BCUT2D eigenvalue weighted by Gasteiger charge is 2.20. The highest BCUT2D eigenvalue weighted by Crippen LogP contribution is 2.32. The van der Waals surface area contributed by atoms with Crippen LogP contribution in [0.1, 0.15) is 25.3 Å². The molecule has 1 amide bonds. The molecule has 0 unspecified atom stereocenters. The fraction of sp³-hybridized carbons (Fsp3) is 0.300. The molecule has 0 saturated carbocycles. The molecule has 0 bridgehead atoms. The lowest BCUT2D eigenvalue weighted by molar-refractivity contribution is -0.384. The smallest absolute Gasteiger partial charge is 0.325 e. The van der Waals surface area contributed by atoms with Crippen LogP contribution in [0.3, 0.4) is 0 Å². The van der Waals surface area contributed by atoms with Crippen LogP contribution in [0, 0.1) is 10.1 Å². The summed E-state index contributed by atoms with van der Waals surface area (Å²) >= 11 is 1.17. The van der Waals surface area contributed by atoms with Gasteiger partial charge in [0.25, 0.3) is 11.2 Å². The maximum atomic E-state index is 12.9. The summed E-state index contributed by atoms with van der Waals surface area (Å²) in [6.07, 6.45) is 1.62. The molecule has 31 heavy (non-hydrogen) atoms. The average Bonchev–Trinajstić information content (AvgIpc) is 2.74. The normalized spacial score (nSPS) is 11.1. The molecule has 3 aromatic rings. The first kappa shape index (κ1) is 22.2. The number of carbonyl (C=O) groups excluding carboxylic acids is 1. The molecule has 0 spiro atoms. The summed E-state index contributed by atoms with van der Waals surface area (Å²) < 4.78 is 2.31. The molecule has 1 aromatic carbocycles. The zero-order chi connectivity index (χ0) is 22.9. The second-order valence-electron chi connectivity index (χ2n) is 7.25. The van der Waals surface area contributed by atoms with Crippen LogP contribution in [0.5, 0.6) is 0 Å². The molecule has 0 saturated heterocycles. The van der Waals surface area contributed by atoms with Crippen molar-refractivity contribution < 1.29 is 9.72 Å². The Morgan fingerprint density at radius 1 is 1.26 bits per heavy atom. The third kappa shape index (κ3) is 4.36. The van der Waals surface area contributed by atoms with Crippen molar-refractivity contribution in [3.8, 4) is 0 Å². The van der Waals surface area contributed by atoms with Crippen LogP contribution < -0.4 is 16.6 Å². The predicted octanol–water partition coefficient (Wildman–Crippen LogP) is 2.39. The van der Waals surface area contributed by atoms with Gasteiger partial charge in [0, 0.05) is 43.0 Å². The number of thioether (sulfide) groups is 1. The van der Waals surface area contributed by atoms with E-state index in [-0.39, 0.29) is 34.3 Å². The number of pyridine rings is 1. The van der Waals surface area contributed by atoms with E-state index in [1.807, 2.05) is 13.8 Å². The Morgan fingerprint density at radius 2 is 1.97 bits per heavy atom. The molecule has 11 heteroatoms. The molecular formula is C20H21N5O5S. The number of hydrogen-bond acceptors (Lipinski definition) is 7. The van der Waals surface area contributed by atoms with Gasteiger partial charge in [0.2, 0.25) is 5.91 Å². The first-order valence-corrected chi connectivity index (χ1v) is 10.4. The van der Waals surface area contributed by atoms with Gasteiger partial charge in [-0.1, -0.05) is 19.9 Å². The fourth-order valence-corrected chi connectivity index (χ4v) is 4.24. The SMILES string of the molecule is CC(C)c1cnc2c(c1SCC(=O)Nc1cccc([N+](=O)[O-])c1)c(=O)n(C)c(=O)n2C. The van der Waals surface area contributed by atoms with Gasteiger partial charge in [-0.15, -0.1) is 11.8 Å². The number of nitrogens with zero attached hydrogens (tertiary/aromatic N) is 4. The summed E-state index contributed by atoms with van der Waals surface area (Å²) in [4.78, 5) is 52.9. The van der Waals surface area contributed by atoms with Crippen LogP contribution >= 0.6 is 11.8 Å². The number of aryl methyl sites for hydroxylation is 1. The number of carbonyl (C=O) groups is 1. The number of amides is 1. The Morgan fingerprint density at radius 3 is 2.61 bits per heavy atom. The lowest BCUT2D eigenvalue weighted by atomic mass is 10.0. The Balaban J connectivity index is 1.97. The molecule has 1 N–H and O–H groups in total. The molecule has 0 aliphatic heterocycles. The molecule has 2 aromatic heterocycles. The summed E-state index contributed by atoms with van der Waals surface area (Å²) in [5, 5.41) is 13.8. The zero-order valence-electron chi connectivity index (χ0n) is 17.4. The number of nitro groups is 1. The minimum absolute atomic E-state index is 0.0289.